The highest BCUT2D eigenvalue weighted by Gasteiger charge is 2.12. The number of carbonyl (C=O) groups is 2. The van der Waals surface area contributed by atoms with Crippen LogP contribution in [0.25, 0.3) is 0 Å². The molecule has 8 heteroatoms. The van der Waals surface area contributed by atoms with Crippen LogP contribution in [0.4, 0.5) is 5.69 Å². The molecular weight excluding hydrogens is 350 g/mol. The van der Waals surface area contributed by atoms with Gasteiger partial charge in [0.15, 0.2) is 11.5 Å². The molecule has 2 rings (SSSR count). The first kappa shape index (κ1) is 19.9. The van der Waals surface area contributed by atoms with Crippen LogP contribution in [-0.4, -0.2) is 39.2 Å². The average molecular weight is 373 g/mol. The Morgan fingerprint density at radius 1 is 0.926 bits per heavy atom. The Bertz CT molecular complexity index is 777. The van der Waals surface area contributed by atoms with Crippen molar-refractivity contribution in [3.8, 4) is 17.2 Å². The van der Waals surface area contributed by atoms with E-state index in [9.17, 15) is 9.59 Å². The Morgan fingerprint density at radius 2 is 1.67 bits per heavy atom. The Balaban J connectivity index is 1.84. The molecule has 8 nitrogen and oxygen atoms in total. The lowest BCUT2D eigenvalue weighted by molar-refractivity contribution is -0.120. The van der Waals surface area contributed by atoms with Crippen LogP contribution in [0.5, 0.6) is 17.2 Å². The average Bonchev–Trinajstić information content (AvgIpc) is 2.71. The molecule has 0 bridgehead atoms. The van der Waals surface area contributed by atoms with Gasteiger partial charge >= 0.3 is 0 Å². The summed E-state index contributed by atoms with van der Waals surface area (Å²) in [4.78, 5) is 24.1. The lowest BCUT2D eigenvalue weighted by atomic mass is 10.2. The number of benzene rings is 2. The second-order valence-electron chi connectivity index (χ2n) is 5.38. The maximum absolute atomic E-state index is 12.2. The summed E-state index contributed by atoms with van der Waals surface area (Å²) in [5.74, 6) is 0.857. The molecule has 0 aliphatic carbocycles. The molecule has 0 heterocycles. The van der Waals surface area contributed by atoms with E-state index in [2.05, 4.69) is 16.2 Å². The van der Waals surface area contributed by atoms with Gasteiger partial charge in [0, 0.05) is 11.3 Å². The largest absolute Gasteiger partial charge is 0.497 e. The summed E-state index contributed by atoms with van der Waals surface area (Å²) in [5, 5.41) is 2.94. The number of carbonyl (C=O) groups excluding carboxylic acids is 2. The first-order chi connectivity index (χ1) is 13.1. The topological polar surface area (TPSA) is 97.9 Å². The summed E-state index contributed by atoms with van der Waals surface area (Å²) >= 11 is 0. The van der Waals surface area contributed by atoms with Gasteiger partial charge in [-0.15, -0.1) is 0 Å². The zero-order chi connectivity index (χ0) is 19.6. The van der Waals surface area contributed by atoms with Gasteiger partial charge in [-0.1, -0.05) is 0 Å². The molecule has 0 aromatic heterocycles. The van der Waals surface area contributed by atoms with Crippen LogP contribution in [0.1, 0.15) is 17.3 Å². The van der Waals surface area contributed by atoms with Crippen LogP contribution in [0, 0.1) is 0 Å². The number of nitrogens with one attached hydrogen (secondary N) is 3. The van der Waals surface area contributed by atoms with Crippen molar-refractivity contribution < 1.29 is 23.8 Å². The molecule has 0 atom stereocenters. The van der Waals surface area contributed by atoms with Crippen LogP contribution >= 0.6 is 0 Å². The Morgan fingerprint density at radius 3 is 2.30 bits per heavy atom. The molecule has 0 radical (unpaired) electrons. The van der Waals surface area contributed by atoms with E-state index in [4.69, 9.17) is 14.2 Å². The molecule has 0 aliphatic rings. The lowest BCUT2D eigenvalue weighted by Gasteiger charge is -2.12. The van der Waals surface area contributed by atoms with Crippen LogP contribution in [0.15, 0.2) is 42.5 Å². The van der Waals surface area contributed by atoms with E-state index in [0.717, 1.165) is 11.4 Å². The fourth-order valence-electron chi connectivity index (χ4n) is 2.22. The molecule has 2 aromatic rings. The van der Waals surface area contributed by atoms with Crippen molar-refractivity contribution in [2.24, 2.45) is 0 Å². The number of hydrogen-bond donors (Lipinski definition) is 3. The molecule has 2 aromatic carbocycles. The SMILES string of the molecule is CCOc1ccc(C(=O)NNC(=O)CNc2ccc(OC)cc2)cc1OC. The normalized spacial score (nSPS) is 9.89. The Hall–Kier alpha value is -3.42. The fraction of sp³-hybridized carbons (Fsp3) is 0.263. The highest BCUT2D eigenvalue weighted by Crippen LogP contribution is 2.27. The second-order valence-corrected chi connectivity index (χ2v) is 5.38. The van der Waals surface area contributed by atoms with Gasteiger partial charge in [0.1, 0.15) is 5.75 Å². The predicted molar refractivity (Wildman–Crippen MR) is 101 cm³/mol. The van der Waals surface area contributed by atoms with Gasteiger partial charge in [-0.2, -0.15) is 0 Å². The van der Waals surface area contributed by atoms with Gasteiger partial charge in [-0.25, -0.2) is 0 Å². The zero-order valence-corrected chi connectivity index (χ0v) is 15.5. The van der Waals surface area contributed by atoms with Crippen molar-refractivity contribution in [3.63, 3.8) is 0 Å². The summed E-state index contributed by atoms with van der Waals surface area (Å²) in [5.41, 5.74) is 5.80. The van der Waals surface area contributed by atoms with E-state index in [1.54, 1.807) is 49.6 Å². The molecule has 0 spiro atoms. The van der Waals surface area contributed by atoms with Crippen molar-refractivity contribution in [2.45, 2.75) is 6.92 Å². The molecule has 3 N–H and O–H groups in total. The number of anilines is 1. The minimum atomic E-state index is -0.464. The number of rotatable bonds is 8. The molecule has 0 aliphatic heterocycles. The van der Waals surface area contributed by atoms with Crippen LogP contribution < -0.4 is 30.4 Å². The fourth-order valence-corrected chi connectivity index (χ4v) is 2.22. The maximum Gasteiger partial charge on any atom is 0.269 e. The van der Waals surface area contributed by atoms with E-state index >= 15 is 0 Å². The van der Waals surface area contributed by atoms with E-state index in [1.165, 1.54) is 7.11 Å². The van der Waals surface area contributed by atoms with Gasteiger partial charge in [0.25, 0.3) is 11.8 Å². The molecule has 144 valence electrons. The van der Waals surface area contributed by atoms with Gasteiger partial charge in [-0.3, -0.25) is 20.4 Å². The number of hydrazine groups is 1. The van der Waals surface area contributed by atoms with Gasteiger partial charge in [-0.05, 0) is 49.4 Å². The highest BCUT2D eigenvalue weighted by atomic mass is 16.5. The summed E-state index contributed by atoms with van der Waals surface area (Å²) in [6.07, 6.45) is 0. The van der Waals surface area contributed by atoms with Crippen molar-refractivity contribution in [1.82, 2.24) is 10.9 Å². The molecule has 27 heavy (non-hydrogen) atoms. The Labute approximate surface area is 157 Å². The summed E-state index contributed by atoms with van der Waals surface area (Å²) in [6.45, 7) is 2.34. The first-order valence-corrected chi connectivity index (χ1v) is 8.35. The molecule has 0 unspecified atom stereocenters. The predicted octanol–water partition coefficient (Wildman–Crippen LogP) is 1.98. The number of ether oxygens (including phenoxy) is 3. The van der Waals surface area contributed by atoms with Crippen molar-refractivity contribution in [3.05, 3.63) is 48.0 Å². The number of amides is 2. The minimum Gasteiger partial charge on any atom is -0.497 e. The molecular formula is C19H23N3O5. The van der Waals surface area contributed by atoms with Gasteiger partial charge in [0.2, 0.25) is 0 Å². The van der Waals surface area contributed by atoms with Crippen LogP contribution in [-0.2, 0) is 4.79 Å². The maximum atomic E-state index is 12.2. The van der Waals surface area contributed by atoms with E-state index < -0.39 is 11.8 Å². The third-order valence-electron chi connectivity index (χ3n) is 3.58. The molecule has 0 fully saturated rings. The van der Waals surface area contributed by atoms with Crippen LogP contribution in [0.3, 0.4) is 0 Å². The highest BCUT2D eigenvalue weighted by molar-refractivity contribution is 5.96. The van der Waals surface area contributed by atoms with E-state index in [1.807, 2.05) is 6.92 Å². The Kier molecular flexibility index (Phi) is 7.30. The smallest absolute Gasteiger partial charge is 0.269 e. The van der Waals surface area contributed by atoms with E-state index in [0.29, 0.717) is 23.7 Å². The van der Waals surface area contributed by atoms with E-state index in [-0.39, 0.29) is 6.54 Å². The summed E-state index contributed by atoms with van der Waals surface area (Å²) in [6, 6.07) is 11.9. The zero-order valence-electron chi connectivity index (χ0n) is 15.5. The molecule has 2 amide bonds. The van der Waals surface area contributed by atoms with Crippen molar-refractivity contribution in [1.29, 1.82) is 0 Å². The lowest BCUT2D eigenvalue weighted by Crippen LogP contribution is -2.44. The van der Waals surface area contributed by atoms with Crippen molar-refractivity contribution in [2.75, 3.05) is 32.7 Å². The third-order valence-corrected chi connectivity index (χ3v) is 3.58. The van der Waals surface area contributed by atoms with Crippen LogP contribution in [0.2, 0.25) is 0 Å². The van der Waals surface area contributed by atoms with Gasteiger partial charge in [0.05, 0.1) is 27.4 Å². The second kappa shape index (κ2) is 9.91. The van der Waals surface area contributed by atoms with Gasteiger partial charge < -0.3 is 19.5 Å². The summed E-state index contributed by atoms with van der Waals surface area (Å²) in [7, 11) is 3.07. The molecule has 0 saturated carbocycles. The first-order valence-electron chi connectivity index (χ1n) is 8.35. The standard InChI is InChI=1S/C19H23N3O5/c1-4-27-16-10-5-13(11-17(16)26-3)19(24)22-21-18(23)12-20-14-6-8-15(25-2)9-7-14/h5-11,20H,4,12H2,1-3H3,(H,21,23)(H,22,24). The van der Waals surface area contributed by atoms with Crippen molar-refractivity contribution >= 4 is 17.5 Å². The summed E-state index contributed by atoms with van der Waals surface area (Å²) < 4.78 is 15.7. The number of hydrogen-bond acceptors (Lipinski definition) is 6. The monoisotopic (exact) mass is 373 g/mol. The quantitative estimate of drug-likeness (QED) is 0.612. The minimum absolute atomic E-state index is 0.000786. The number of methoxy groups -OCH3 is 2. The third kappa shape index (κ3) is 5.81. The molecule has 0 saturated heterocycles.